The Bertz CT molecular complexity index is 529. The van der Waals surface area contributed by atoms with Crippen molar-refractivity contribution in [3.05, 3.63) is 53.6 Å². The number of hydrogen-bond donors (Lipinski definition) is 1. The number of benzene rings is 2. The Morgan fingerprint density at radius 2 is 1.56 bits per heavy atom. The van der Waals surface area contributed by atoms with Gasteiger partial charge < -0.3 is 10.6 Å². The van der Waals surface area contributed by atoms with Gasteiger partial charge in [-0.15, -0.1) is 0 Å². The first-order valence-electron chi connectivity index (χ1n) is 6.32. The van der Waals surface area contributed by atoms with Crippen LogP contribution in [0.5, 0.6) is 0 Å². The van der Waals surface area contributed by atoms with Crippen molar-refractivity contribution in [3.8, 4) is 0 Å². The molecule has 0 aliphatic carbocycles. The maximum absolute atomic E-state index is 6.12. The average molecular weight is 240 g/mol. The molecule has 2 aromatic rings. The van der Waals surface area contributed by atoms with Crippen LogP contribution in [-0.4, -0.2) is 6.54 Å². The Morgan fingerprint density at radius 3 is 2.11 bits per heavy atom. The van der Waals surface area contributed by atoms with E-state index < -0.39 is 0 Å². The molecule has 0 bridgehead atoms. The maximum Gasteiger partial charge on any atom is 0.0644 e. The highest BCUT2D eigenvalue weighted by Gasteiger charge is 2.10. The summed E-state index contributed by atoms with van der Waals surface area (Å²) in [6.45, 7) is 7.19. The molecule has 0 aromatic heterocycles. The van der Waals surface area contributed by atoms with Crippen LogP contribution in [0, 0.1) is 13.8 Å². The third kappa shape index (κ3) is 2.48. The van der Waals surface area contributed by atoms with Crippen molar-refractivity contribution in [3.63, 3.8) is 0 Å². The summed E-state index contributed by atoms with van der Waals surface area (Å²) in [6.07, 6.45) is 0. The molecule has 0 aliphatic heterocycles. The van der Waals surface area contributed by atoms with Crippen LogP contribution in [0.2, 0.25) is 0 Å². The van der Waals surface area contributed by atoms with Crippen molar-refractivity contribution in [2.24, 2.45) is 0 Å². The van der Waals surface area contributed by atoms with Crippen molar-refractivity contribution in [2.45, 2.75) is 20.8 Å². The van der Waals surface area contributed by atoms with E-state index >= 15 is 0 Å². The molecule has 0 saturated heterocycles. The SMILES string of the molecule is CCN(c1ccc(C)cc1)c1ccc(C)cc1N. The maximum atomic E-state index is 6.12. The molecule has 0 heterocycles. The minimum atomic E-state index is 0.831. The molecule has 18 heavy (non-hydrogen) atoms. The van der Waals surface area contributed by atoms with Crippen LogP contribution < -0.4 is 10.6 Å². The summed E-state index contributed by atoms with van der Waals surface area (Å²) in [7, 11) is 0. The van der Waals surface area contributed by atoms with E-state index in [4.69, 9.17) is 5.73 Å². The molecule has 0 aliphatic rings. The zero-order valence-corrected chi connectivity index (χ0v) is 11.3. The van der Waals surface area contributed by atoms with Gasteiger partial charge >= 0.3 is 0 Å². The summed E-state index contributed by atoms with van der Waals surface area (Å²) in [4.78, 5) is 2.23. The Balaban J connectivity index is 2.41. The van der Waals surface area contributed by atoms with Gasteiger partial charge in [0.25, 0.3) is 0 Å². The van der Waals surface area contributed by atoms with Crippen LogP contribution in [0.4, 0.5) is 17.1 Å². The Kier molecular flexibility index (Phi) is 3.56. The first kappa shape index (κ1) is 12.5. The predicted octanol–water partition coefficient (Wildman–Crippen LogP) is 4.04. The van der Waals surface area contributed by atoms with Gasteiger partial charge in [0.15, 0.2) is 0 Å². The number of nitrogens with two attached hydrogens (primary N) is 1. The van der Waals surface area contributed by atoms with Crippen molar-refractivity contribution in [1.82, 2.24) is 0 Å². The van der Waals surface area contributed by atoms with Crippen LogP contribution in [0.3, 0.4) is 0 Å². The smallest absolute Gasteiger partial charge is 0.0644 e. The molecule has 0 atom stereocenters. The van der Waals surface area contributed by atoms with Gasteiger partial charge in [0.1, 0.15) is 0 Å². The standard InChI is InChI=1S/C16H20N2/c1-4-18(14-8-5-12(2)6-9-14)16-10-7-13(3)11-15(16)17/h5-11H,4,17H2,1-3H3. The lowest BCUT2D eigenvalue weighted by Crippen LogP contribution is -2.17. The van der Waals surface area contributed by atoms with Gasteiger partial charge in [0.2, 0.25) is 0 Å². The van der Waals surface area contributed by atoms with Gasteiger partial charge in [0, 0.05) is 12.2 Å². The van der Waals surface area contributed by atoms with Gasteiger partial charge in [-0.2, -0.15) is 0 Å². The topological polar surface area (TPSA) is 29.3 Å². The molecule has 0 radical (unpaired) electrons. The van der Waals surface area contributed by atoms with E-state index in [1.807, 2.05) is 6.07 Å². The van der Waals surface area contributed by atoms with Crippen molar-refractivity contribution < 1.29 is 0 Å². The summed E-state index contributed by atoms with van der Waals surface area (Å²) >= 11 is 0. The van der Waals surface area contributed by atoms with Crippen molar-refractivity contribution >= 4 is 17.1 Å². The van der Waals surface area contributed by atoms with Gasteiger partial charge in [-0.25, -0.2) is 0 Å². The van der Waals surface area contributed by atoms with Crippen LogP contribution in [0.15, 0.2) is 42.5 Å². The molecular formula is C16H20N2. The van der Waals surface area contributed by atoms with E-state index in [9.17, 15) is 0 Å². The summed E-state index contributed by atoms with van der Waals surface area (Å²) in [5.41, 5.74) is 11.7. The Morgan fingerprint density at radius 1 is 0.944 bits per heavy atom. The predicted molar refractivity (Wildman–Crippen MR) is 79.5 cm³/mol. The second kappa shape index (κ2) is 5.13. The molecule has 0 amide bonds. The molecule has 2 nitrogen and oxygen atoms in total. The Hall–Kier alpha value is -1.96. The monoisotopic (exact) mass is 240 g/mol. The van der Waals surface area contributed by atoms with Crippen LogP contribution in [0.1, 0.15) is 18.1 Å². The molecule has 2 heteroatoms. The van der Waals surface area contributed by atoms with Gasteiger partial charge in [-0.05, 0) is 50.6 Å². The minimum Gasteiger partial charge on any atom is -0.397 e. The van der Waals surface area contributed by atoms with Gasteiger partial charge in [0.05, 0.1) is 11.4 Å². The van der Waals surface area contributed by atoms with E-state index in [2.05, 4.69) is 62.1 Å². The summed E-state index contributed by atoms with van der Waals surface area (Å²) in [6, 6.07) is 14.7. The lowest BCUT2D eigenvalue weighted by Gasteiger charge is -2.25. The third-order valence-electron chi connectivity index (χ3n) is 3.14. The lowest BCUT2D eigenvalue weighted by atomic mass is 10.1. The van der Waals surface area contributed by atoms with E-state index in [1.54, 1.807) is 0 Å². The number of rotatable bonds is 3. The molecular weight excluding hydrogens is 220 g/mol. The highest BCUT2D eigenvalue weighted by Crippen LogP contribution is 2.30. The molecule has 0 unspecified atom stereocenters. The van der Waals surface area contributed by atoms with Gasteiger partial charge in [-0.3, -0.25) is 0 Å². The molecule has 2 N–H and O–H groups in total. The molecule has 94 valence electrons. The number of nitrogens with zero attached hydrogens (tertiary/aromatic N) is 1. The molecule has 0 spiro atoms. The highest BCUT2D eigenvalue weighted by molar-refractivity contribution is 5.75. The fourth-order valence-electron chi connectivity index (χ4n) is 2.14. The molecule has 0 saturated carbocycles. The second-order valence-electron chi connectivity index (χ2n) is 4.64. The summed E-state index contributed by atoms with van der Waals surface area (Å²) in [5, 5.41) is 0. The fraction of sp³-hybridized carbons (Fsp3) is 0.250. The third-order valence-corrected chi connectivity index (χ3v) is 3.14. The largest absolute Gasteiger partial charge is 0.397 e. The zero-order chi connectivity index (χ0) is 13.1. The zero-order valence-electron chi connectivity index (χ0n) is 11.3. The highest BCUT2D eigenvalue weighted by atomic mass is 15.1. The van der Waals surface area contributed by atoms with E-state index in [-0.39, 0.29) is 0 Å². The fourth-order valence-corrected chi connectivity index (χ4v) is 2.14. The Labute approximate surface area is 109 Å². The first-order chi connectivity index (χ1) is 8.61. The van der Waals surface area contributed by atoms with Crippen LogP contribution in [0.25, 0.3) is 0 Å². The average Bonchev–Trinajstić information content (AvgIpc) is 2.35. The number of nitrogen functional groups attached to an aromatic ring is 1. The second-order valence-corrected chi connectivity index (χ2v) is 4.64. The molecule has 2 aromatic carbocycles. The number of anilines is 3. The number of aryl methyl sites for hydroxylation is 2. The molecule has 0 fully saturated rings. The summed E-state index contributed by atoms with van der Waals surface area (Å²) < 4.78 is 0. The minimum absolute atomic E-state index is 0.831. The van der Waals surface area contributed by atoms with Crippen molar-refractivity contribution in [1.29, 1.82) is 0 Å². The normalized spacial score (nSPS) is 10.4. The summed E-state index contributed by atoms with van der Waals surface area (Å²) in [5.74, 6) is 0. The lowest BCUT2D eigenvalue weighted by molar-refractivity contribution is 1.02. The van der Waals surface area contributed by atoms with Crippen LogP contribution >= 0.6 is 0 Å². The van der Waals surface area contributed by atoms with E-state index in [0.29, 0.717) is 0 Å². The quantitative estimate of drug-likeness (QED) is 0.820. The van der Waals surface area contributed by atoms with E-state index in [1.165, 1.54) is 16.8 Å². The first-order valence-corrected chi connectivity index (χ1v) is 6.32. The van der Waals surface area contributed by atoms with E-state index in [0.717, 1.165) is 17.9 Å². The van der Waals surface area contributed by atoms with Crippen molar-refractivity contribution in [2.75, 3.05) is 17.2 Å². The molecule has 2 rings (SSSR count). The van der Waals surface area contributed by atoms with Crippen LogP contribution in [-0.2, 0) is 0 Å². The number of hydrogen-bond acceptors (Lipinski definition) is 2. The van der Waals surface area contributed by atoms with Gasteiger partial charge in [-0.1, -0.05) is 23.8 Å².